The molecule has 1 N–H and O–H groups in total. The lowest BCUT2D eigenvalue weighted by atomic mass is 9.98. The highest BCUT2D eigenvalue weighted by molar-refractivity contribution is 5.93. The Kier molecular flexibility index (Phi) is 5.37. The van der Waals surface area contributed by atoms with Crippen LogP contribution in [0, 0.1) is 0 Å². The van der Waals surface area contributed by atoms with Crippen LogP contribution in [0.1, 0.15) is 40.3 Å². The molecule has 0 aliphatic rings. The lowest BCUT2D eigenvalue weighted by Gasteiger charge is -2.20. The van der Waals surface area contributed by atoms with Crippen LogP contribution >= 0.6 is 0 Å². The van der Waals surface area contributed by atoms with Crippen LogP contribution in [0.4, 0.5) is 0 Å². The van der Waals surface area contributed by atoms with Crippen molar-refractivity contribution in [3.63, 3.8) is 0 Å². The fourth-order valence-electron chi connectivity index (χ4n) is 2.94. The van der Waals surface area contributed by atoms with Gasteiger partial charge in [0.25, 0.3) is 5.91 Å². The molecule has 0 spiro atoms. The number of carbonyl (C=O) groups is 1. The summed E-state index contributed by atoms with van der Waals surface area (Å²) in [5.74, 6) is 0.600. The smallest absolute Gasteiger partial charge is 0.270 e. The molecular weight excluding hydrogens is 326 g/mol. The lowest BCUT2D eigenvalue weighted by molar-refractivity contribution is 0.0933. The molecule has 1 aromatic heterocycles. The largest absolute Gasteiger partial charge is 0.497 e. The van der Waals surface area contributed by atoms with Gasteiger partial charge in [-0.15, -0.1) is 0 Å². The van der Waals surface area contributed by atoms with Crippen LogP contribution in [0.5, 0.6) is 5.75 Å². The van der Waals surface area contributed by atoms with Gasteiger partial charge in [-0.2, -0.15) is 5.10 Å². The molecule has 5 nitrogen and oxygen atoms in total. The van der Waals surface area contributed by atoms with E-state index in [0.29, 0.717) is 5.69 Å². The molecule has 0 saturated heterocycles. The summed E-state index contributed by atoms with van der Waals surface area (Å²) < 4.78 is 6.97. The van der Waals surface area contributed by atoms with Crippen LogP contribution in [0.15, 0.2) is 60.7 Å². The Morgan fingerprint density at radius 1 is 1.12 bits per heavy atom. The number of aromatic nitrogens is 2. The van der Waals surface area contributed by atoms with E-state index < -0.39 is 0 Å². The number of benzene rings is 2. The second-order valence-corrected chi connectivity index (χ2v) is 6.09. The van der Waals surface area contributed by atoms with Crippen LogP contribution in [0.3, 0.4) is 0 Å². The van der Waals surface area contributed by atoms with E-state index in [-0.39, 0.29) is 11.9 Å². The van der Waals surface area contributed by atoms with Gasteiger partial charge in [-0.25, -0.2) is 0 Å². The van der Waals surface area contributed by atoms with E-state index >= 15 is 0 Å². The maximum absolute atomic E-state index is 12.9. The Hall–Kier alpha value is -3.08. The third-order valence-electron chi connectivity index (χ3n) is 4.36. The third kappa shape index (κ3) is 3.77. The molecule has 134 valence electrons. The van der Waals surface area contributed by atoms with Crippen LogP contribution < -0.4 is 10.1 Å². The van der Waals surface area contributed by atoms with E-state index in [1.165, 1.54) is 0 Å². The molecule has 1 heterocycles. The first-order valence-electron chi connectivity index (χ1n) is 8.65. The predicted molar refractivity (Wildman–Crippen MR) is 101 cm³/mol. The molecule has 3 aromatic rings. The van der Waals surface area contributed by atoms with Gasteiger partial charge in [0, 0.05) is 7.05 Å². The molecule has 1 amide bonds. The van der Waals surface area contributed by atoms with Gasteiger partial charge in [-0.1, -0.05) is 49.4 Å². The number of carbonyl (C=O) groups excluding carboxylic acids is 1. The van der Waals surface area contributed by atoms with Gasteiger partial charge in [0.05, 0.1) is 18.8 Å². The van der Waals surface area contributed by atoms with Crippen LogP contribution in [0.2, 0.25) is 0 Å². The van der Waals surface area contributed by atoms with Crippen molar-refractivity contribution in [1.82, 2.24) is 15.1 Å². The van der Waals surface area contributed by atoms with Crippen LogP contribution in [0.25, 0.3) is 0 Å². The van der Waals surface area contributed by atoms with E-state index in [1.807, 2.05) is 67.6 Å². The zero-order valence-corrected chi connectivity index (χ0v) is 15.3. The summed E-state index contributed by atoms with van der Waals surface area (Å²) in [4.78, 5) is 12.9. The normalized spacial score (nSPS) is 11.8. The second-order valence-electron chi connectivity index (χ2n) is 6.09. The molecule has 5 heteroatoms. The van der Waals surface area contributed by atoms with E-state index in [0.717, 1.165) is 29.0 Å². The van der Waals surface area contributed by atoms with Crippen molar-refractivity contribution in [2.45, 2.75) is 19.4 Å². The Balaban J connectivity index is 1.95. The Morgan fingerprint density at radius 3 is 2.50 bits per heavy atom. The van der Waals surface area contributed by atoms with Gasteiger partial charge in [0.1, 0.15) is 11.4 Å². The molecule has 0 fully saturated rings. The summed E-state index contributed by atoms with van der Waals surface area (Å²) in [6.45, 7) is 2.02. The standard InChI is InChI=1S/C21H23N3O2/c1-4-17-14-19(24(2)23-17)21(25)22-20(15-9-6-5-7-10-15)16-11-8-12-18(13-16)26-3/h5-14,20H,4H2,1-3H3,(H,22,25). The Bertz CT molecular complexity index is 887. The fourth-order valence-corrected chi connectivity index (χ4v) is 2.94. The van der Waals surface area contributed by atoms with Crippen molar-refractivity contribution in [3.05, 3.63) is 83.2 Å². The quantitative estimate of drug-likeness (QED) is 0.741. The number of aryl methyl sites for hydroxylation is 2. The number of nitrogens with zero attached hydrogens (tertiary/aromatic N) is 2. The van der Waals surface area contributed by atoms with E-state index in [4.69, 9.17) is 4.74 Å². The zero-order chi connectivity index (χ0) is 18.5. The molecule has 0 radical (unpaired) electrons. The van der Waals surface area contributed by atoms with Gasteiger partial charge in [-0.3, -0.25) is 9.48 Å². The number of amides is 1. The zero-order valence-electron chi connectivity index (χ0n) is 15.3. The number of methoxy groups -OCH3 is 1. The molecule has 26 heavy (non-hydrogen) atoms. The fraction of sp³-hybridized carbons (Fsp3) is 0.238. The maximum Gasteiger partial charge on any atom is 0.270 e. The molecule has 0 aliphatic carbocycles. The van der Waals surface area contributed by atoms with Crippen molar-refractivity contribution in [3.8, 4) is 5.75 Å². The first-order valence-corrected chi connectivity index (χ1v) is 8.65. The maximum atomic E-state index is 12.9. The predicted octanol–water partition coefficient (Wildman–Crippen LogP) is 3.51. The SMILES string of the molecule is CCc1cc(C(=O)NC(c2ccccc2)c2cccc(OC)c2)n(C)n1. The summed E-state index contributed by atoms with van der Waals surface area (Å²) >= 11 is 0. The molecule has 3 rings (SSSR count). The van der Waals surface area contributed by atoms with Crippen molar-refractivity contribution >= 4 is 5.91 Å². The summed E-state index contributed by atoms with van der Waals surface area (Å²) in [6.07, 6.45) is 0.791. The van der Waals surface area contributed by atoms with Gasteiger partial charge >= 0.3 is 0 Å². The number of hydrogen-bond acceptors (Lipinski definition) is 3. The first-order chi connectivity index (χ1) is 12.6. The van der Waals surface area contributed by atoms with Crippen LogP contribution in [-0.2, 0) is 13.5 Å². The van der Waals surface area contributed by atoms with Gasteiger partial charge in [0.2, 0.25) is 0 Å². The monoisotopic (exact) mass is 349 g/mol. The molecule has 0 aliphatic heterocycles. The number of rotatable bonds is 6. The molecule has 0 bridgehead atoms. The van der Waals surface area contributed by atoms with E-state index in [2.05, 4.69) is 10.4 Å². The third-order valence-corrected chi connectivity index (χ3v) is 4.36. The Morgan fingerprint density at radius 2 is 1.85 bits per heavy atom. The highest BCUT2D eigenvalue weighted by Gasteiger charge is 2.20. The van der Waals surface area contributed by atoms with Crippen LogP contribution in [-0.4, -0.2) is 22.8 Å². The van der Waals surface area contributed by atoms with Crippen molar-refractivity contribution in [2.24, 2.45) is 7.05 Å². The molecular formula is C21H23N3O2. The first kappa shape index (κ1) is 17.7. The minimum absolute atomic E-state index is 0.156. The van der Waals surface area contributed by atoms with Gasteiger partial charge in [0.15, 0.2) is 0 Å². The number of nitrogens with one attached hydrogen (secondary N) is 1. The summed E-state index contributed by atoms with van der Waals surface area (Å²) in [5, 5.41) is 7.51. The highest BCUT2D eigenvalue weighted by Crippen LogP contribution is 2.25. The van der Waals surface area contributed by atoms with E-state index in [1.54, 1.807) is 18.8 Å². The minimum Gasteiger partial charge on any atom is -0.497 e. The topological polar surface area (TPSA) is 56.1 Å². The highest BCUT2D eigenvalue weighted by atomic mass is 16.5. The number of ether oxygens (including phenoxy) is 1. The average Bonchev–Trinajstić information content (AvgIpc) is 3.07. The molecule has 0 saturated carbocycles. The van der Waals surface area contributed by atoms with Gasteiger partial charge < -0.3 is 10.1 Å². The van der Waals surface area contributed by atoms with Gasteiger partial charge in [-0.05, 0) is 35.7 Å². The minimum atomic E-state index is -0.279. The molecule has 1 unspecified atom stereocenters. The average molecular weight is 349 g/mol. The van der Waals surface area contributed by atoms with Crippen molar-refractivity contribution in [1.29, 1.82) is 0 Å². The Labute approximate surface area is 153 Å². The molecule has 2 aromatic carbocycles. The summed E-state index contributed by atoms with van der Waals surface area (Å²) in [5.41, 5.74) is 3.41. The summed E-state index contributed by atoms with van der Waals surface area (Å²) in [6, 6.07) is 19.2. The second kappa shape index (κ2) is 7.87. The number of hydrogen-bond donors (Lipinski definition) is 1. The van der Waals surface area contributed by atoms with Crippen molar-refractivity contribution in [2.75, 3.05) is 7.11 Å². The van der Waals surface area contributed by atoms with E-state index in [9.17, 15) is 4.79 Å². The molecule has 1 atom stereocenters. The van der Waals surface area contributed by atoms with Crippen molar-refractivity contribution < 1.29 is 9.53 Å². The lowest BCUT2D eigenvalue weighted by Crippen LogP contribution is -2.30. The summed E-state index contributed by atoms with van der Waals surface area (Å²) in [7, 11) is 3.42.